The zero-order valence-corrected chi connectivity index (χ0v) is 16.4. The highest BCUT2D eigenvalue weighted by atomic mass is 32.2. The van der Waals surface area contributed by atoms with Crippen LogP contribution in [-0.2, 0) is 4.79 Å². The Labute approximate surface area is 165 Å². The number of thioether (sulfide) groups is 1. The molecule has 0 bridgehead atoms. The van der Waals surface area contributed by atoms with Crippen molar-refractivity contribution in [3.8, 4) is 0 Å². The molecule has 0 radical (unpaired) electrons. The summed E-state index contributed by atoms with van der Waals surface area (Å²) in [5, 5.41) is 12.8. The van der Waals surface area contributed by atoms with E-state index >= 15 is 0 Å². The van der Waals surface area contributed by atoms with Gasteiger partial charge in [-0.15, -0.1) is 11.3 Å². The van der Waals surface area contributed by atoms with Crippen LogP contribution in [0, 0.1) is 0 Å². The summed E-state index contributed by atoms with van der Waals surface area (Å²) in [7, 11) is 0. The van der Waals surface area contributed by atoms with Gasteiger partial charge in [-0.05, 0) is 23.6 Å². The van der Waals surface area contributed by atoms with Crippen LogP contribution in [0.4, 0.5) is 0 Å². The number of benzene rings is 1. The molecule has 8 heteroatoms. The Balaban J connectivity index is 1.23. The molecule has 1 N–H and O–H groups in total. The molecule has 27 heavy (non-hydrogen) atoms. The number of amides is 1. The Morgan fingerprint density at radius 1 is 1.22 bits per heavy atom. The summed E-state index contributed by atoms with van der Waals surface area (Å²) in [6.45, 7) is 3.54. The molecule has 1 saturated heterocycles. The summed E-state index contributed by atoms with van der Waals surface area (Å²) in [5.41, 5.74) is 1.55. The van der Waals surface area contributed by atoms with E-state index in [-0.39, 0.29) is 5.91 Å². The number of oxazole rings is 1. The normalized spacial score (nSPS) is 16.7. The fourth-order valence-electron chi connectivity index (χ4n) is 3.12. The van der Waals surface area contributed by atoms with Crippen molar-refractivity contribution in [2.45, 2.75) is 11.3 Å². The fraction of sp³-hybridized carbons (Fsp3) is 0.368. The number of fused-ring (bicyclic) bond motifs is 1. The average molecular weight is 404 g/mol. The zero-order valence-electron chi connectivity index (χ0n) is 14.8. The first kappa shape index (κ1) is 18.5. The number of nitrogens with zero attached hydrogens (tertiary/aromatic N) is 3. The number of para-hydroxylation sites is 2. The lowest BCUT2D eigenvalue weighted by Crippen LogP contribution is -2.50. The van der Waals surface area contributed by atoms with Crippen LogP contribution in [-0.4, -0.2) is 64.3 Å². The van der Waals surface area contributed by atoms with Crippen molar-refractivity contribution in [2.75, 3.05) is 38.5 Å². The van der Waals surface area contributed by atoms with Crippen LogP contribution in [0.2, 0.25) is 0 Å². The minimum Gasteiger partial charge on any atom is -0.431 e. The highest BCUT2D eigenvalue weighted by molar-refractivity contribution is 7.99. The Kier molecular flexibility index (Phi) is 5.77. The molecular weight excluding hydrogens is 382 g/mol. The van der Waals surface area contributed by atoms with Crippen LogP contribution in [0.25, 0.3) is 11.1 Å². The van der Waals surface area contributed by atoms with Gasteiger partial charge in [0.2, 0.25) is 5.91 Å². The molecule has 1 fully saturated rings. The molecule has 1 aliphatic rings. The van der Waals surface area contributed by atoms with Crippen LogP contribution < -0.4 is 0 Å². The number of aliphatic hydroxyl groups excluding tert-OH is 1. The fourth-order valence-corrected chi connectivity index (χ4v) is 4.57. The molecule has 2 aromatic heterocycles. The number of carbonyl (C=O) groups excluding carboxylic acids is 1. The summed E-state index contributed by atoms with van der Waals surface area (Å²) in [6.07, 6.45) is -0.457. The van der Waals surface area contributed by atoms with E-state index < -0.39 is 6.10 Å². The van der Waals surface area contributed by atoms with Crippen LogP contribution in [0.1, 0.15) is 11.0 Å². The van der Waals surface area contributed by atoms with Gasteiger partial charge in [-0.2, -0.15) is 0 Å². The molecule has 0 saturated carbocycles. The number of carbonyl (C=O) groups is 1. The summed E-state index contributed by atoms with van der Waals surface area (Å²) in [6, 6.07) is 11.5. The highest BCUT2D eigenvalue weighted by Crippen LogP contribution is 2.24. The lowest BCUT2D eigenvalue weighted by molar-refractivity contribution is -0.130. The summed E-state index contributed by atoms with van der Waals surface area (Å²) in [4.78, 5) is 21.9. The predicted octanol–water partition coefficient (Wildman–Crippen LogP) is 2.86. The molecule has 1 aliphatic heterocycles. The second kappa shape index (κ2) is 8.43. The van der Waals surface area contributed by atoms with E-state index in [0.717, 1.165) is 29.1 Å². The summed E-state index contributed by atoms with van der Waals surface area (Å²) < 4.78 is 5.65. The third-order valence-electron chi connectivity index (χ3n) is 4.62. The van der Waals surface area contributed by atoms with Gasteiger partial charge in [0.15, 0.2) is 5.58 Å². The summed E-state index contributed by atoms with van der Waals surface area (Å²) >= 11 is 2.91. The lowest BCUT2D eigenvalue weighted by Gasteiger charge is -2.35. The van der Waals surface area contributed by atoms with Gasteiger partial charge in [0.25, 0.3) is 5.22 Å². The lowest BCUT2D eigenvalue weighted by atomic mass is 10.2. The molecule has 4 rings (SSSR count). The third kappa shape index (κ3) is 4.52. The van der Waals surface area contributed by atoms with E-state index in [4.69, 9.17) is 4.42 Å². The van der Waals surface area contributed by atoms with Crippen LogP contribution >= 0.6 is 23.1 Å². The number of hydrogen-bond donors (Lipinski definition) is 1. The van der Waals surface area contributed by atoms with E-state index in [0.29, 0.717) is 30.6 Å². The Morgan fingerprint density at radius 2 is 2.04 bits per heavy atom. The molecule has 1 aromatic carbocycles. The standard InChI is InChI=1S/C19H21N3O3S2/c23-15(17-6-3-11-26-17)12-21-7-9-22(10-8-21)18(24)13-27-19-20-14-4-1-2-5-16(14)25-19/h1-6,11,15,23H,7-10,12-13H2. The van der Waals surface area contributed by atoms with Gasteiger partial charge >= 0.3 is 0 Å². The second-order valence-corrected chi connectivity index (χ2v) is 8.35. The van der Waals surface area contributed by atoms with E-state index in [1.165, 1.54) is 11.8 Å². The molecule has 142 valence electrons. The summed E-state index contributed by atoms with van der Waals surface area (Å²) in [5.74, 6) is 0.422. The van der Waals surface area contributed by atoms with Crippen molar-refractivity contribution < 1.29 is 14.3 Å². The minimum absolute atomic E-state index is 0.0979. The molecule has 3 heterocycles. The number of aromatic nitrogens is 1. The SMILES string of the molecule is O=C(CSc1nc2ccccc2o1)N1CCN(CC(O)c2cccs2)CC1. The number of thiophene rings is 1. The monoisotopic (exact) mass is 403 g/mol. The average Bonchev–Trinajstić information content (AvgIpc) is 3.36. The molecule has 1 amide bonds. The number of aliphatic hydroxyl groups is 1. The van der Waals surface area contributed by atoms with Gasteiger partial charge in [0, 0.05) is 37.6 Å². The second-order valence-electron chi connectivity index (χ2n) is 6.45. The Hall–Kier alpha value is -1.87. The van der Waals surface area contributed by atoms with Crippen LogP contribution in [0.15, 0.2) is 51.4 Å². The largest absolute Gasteiger partial charge is 0.431 e. The van der Waals surface area contributed by atoms with Gasteiger partial charge in [-0.1, -0.05) is 30.0 Å². The van der Waals surface area contributed by atoms with Gasteiger partial charge in [-0.3, -0.25) is 9.69 Å². The van der Waals surface area contributed by atoms with E-state index in [2.05, 4.69) is 9.88 Å². The molecule has 1 atom stereocenters. The quantitative estimate of drug-likeness (QED) is 0.638. The minimum atomic E-state index is -0.457. The zero-order chi connectivity index (χ0) is 18.6. The van der Waals surface area contributed by atoms with E-state index in [9.17, 15) is 9.90 Å². The smallest absolute Gasteiger partial charge is 0.257 e. The van der Waals surface area contributed by atoms with Crippen LogP contribution in [0.5, 0.6) is 0 Å². The first-order chi connectivity index (χ1) is 13.2. The number of β-amino-alcohol motifs (C(OH)–C–C–N with tert-alkyl or cyclic N) is 1. The van der Waals surface area contributed by atoms with E-state index in [1.54, 1.807) is 11.3 Å². The number of hydrogen-bond acceptors (Lipinski definition) is 7. The molecule has 0 aliphatic carbocycles. The maximum absolute atomic E-state index is 12.5. The van der Waals surface area contributed by atoms with Gasteiger partial charge in [-0.25, -0.2) is 4.98 Å². The molecule has 0 spiro atoms. The van der Waals surface area contributed by atoms with Crippen molar-refractivity contribution in [3.63, 3.8) is 0 Å². The van der Waals surface area contributed by atoms with Gasteiger partial charge < -0.3 is 14.4 Å². The van der Waals surface area contributed by atoms with Gasteiger partial charge in [0.1, 0.15) is 11.6 Å². The molecule has 1 unspecified atom stereocenters. The molecule has 6 nitrogen and oxygen atoms in total. The first-order valence-electron chi connectivity index (χ1n) is 8.89. The first-order valence-corrected chi connectivity index (χ1v) is 10.8. The Morgan fingerprint density at radius 3 is 2.78 bits per heavy atom. The molecular formula is C19H21N3O3S2. The Bertz CT molecular complexity index is 856. The molecule has 3 aromatic rings. The van der Waals surface area contributed by atoms with Crippen molar-refractivity contribution in [1.82, 2.24) is 14.8 Å². The number of rotatable bonds is 6. The predicted molar refractivity (Wildman–Crippen MR) is 107 cm³/mol. The van der Waals surface area contributed by atoms with E-state index in [1.807, 2.05) is 46.7 Å². The highest BCUT2D eigenvalue weighted by Gasteiger charge is 2.23. The van der Waals surface area contributed by atoms with Gasteiger partial charge in [0.05, 0.1) is 5.75 Å². The van der Waals surface area contributed by atoms with Crippen molar-refractivity contribution in [2.24, 2.45) is 0 Å². The maximum atomic E-state index is 12.5. The topological polar surface area (TPSA) is 69.8 Å². The van der Waals surface area contributed by atoms with Crippen molar-refractivity contribution in [1.29, 1.82) is 0 Å². The van der Waals surface area contributed by atoms with Crippen molar-refractivity contribution >= 4 is 40.1 Å². The maximum Gasteiger partial charge on any atom is 0.257 e. The number of piperazine rings is 1. The van der Waals surface area contributed by atoms with Crippen molar-refractivity contribution in [3.05, 3.63) is 46.7 Å². The van der Waals surface area contributed by atoms with Crippen LogP contribution in [0.3, 0.4) is 0 Å². The third-order valence-corrected chi connectivity index (χ3v) is 6.41.